The van der Waals surface area contributed by atoms with Crippen molar-refractivity contribution in [2.75, 3.05) is 13.7 Å². The summed E-state index contributed by atoms with van der Waals surface area (Å²) in [5.74, 6) is -0.404. The van der Waals surface area contributed by atoms with Gasteiger partial charge in [0.15, 0.2) is 5.16 Å². The number of methoxy groups -OCH3 is 1. The number of thioether (sulfide) groups is 1. The van der Waals surface area contributed by atoms with E-state index in [9.17, 15) is 22.8 Å². The maximum Gasteiger partial charge on any atom is 0.405 e. The number of nitrogens with zero attached hydrogens (tertiary/aromatic N) is 2. The van der Waals surface area contributed by atoms with Crippen LogP contribution in [0.3, 0.4) is 0 Å². The Kier molecular flexibility index (Phi) is 6.35. The zero-order valence-corrected chi connectivity index (χ0v) is 16.9. The molecule has 0 fully saturated rings. The molecule has 3 rings (SSSR count). The van der Waals surface area contributed by atoms with Gasteiger partial charge in [-0.15, -0.1) is 0 Å². The van der Waals surface area contributed by atoms with E-state index in [2.05, 4.69) is 4.98 Å². The van der Waals surface area contributed by atoms with E-state index in [0.717, 1.165) is 11.8 Å². The SMILES string of the molecule is COc1ccccc1-n1c(SC(C)C(=O)NCC(F)(F)F)nc2ccccc2c1=O. The number of ether oxygens (including phenoxy) is 1. The molecule has 0 saturated carbocycles. The van der Waals surface area contributed by atoms with E-state index >= 15 is 0 Å². The van der Waals surface area contributed by atoms with Crippen molar-refractivity contribution in [2.45, 2.75) is 23.5 Å². The van der Waals surface area contributed by atoms with Gasteiger partial charge in [0, 0.05) is 0 Å². The van der Waals surface area contributed by atoms with Gasteiger partial charge in [-0.2, -0.15) is 13.2 Å². The van der Waals surface area contributed by atoms with Crippen LogP contribution in [0.4, 0.5) is 13.2 Å². The summed E-state index contributed by atoms with van der Waals surface area (Å²) < 4.78 is 43.9. The van der Waals surface area contributed by atoms with Gasteiger partial charge < -0.3 is 10.1 Å². The lowest BCUT2D eigenvalue weighted by Crippen LogP contribution is -2.38. The third-order valence-corrected chi connectivity index (χ3v) is 5.24. The third kappa shape index (κ3) is 4.76. The molecule has 0 aliphatic carbocycles. The lowest BCUT2D eigenvalue weighted by molar-refractivity contribution is -0.137. The minimum absolute atomic E-state index is 0.165. The molecule has 6 nitrogen and oxygen atoms in total. The number of alkyl halides is 3. The van der Waals surface area contributed by atoms with E-state index in [4.69, 9.17) is 4.74 Å². The maximum atomic E-state index is 13.2. The molecule has 1 N–H and O–H groups in total. The minimum Gasteiger partial charge on any atom is -0.495 e. The number of hydrogen-bond acceptors (Lipinski definition) is 5. The Morgan fingerprint density at radius 2 is 1.87 bits per heavy atom. The van der Waals surface area contributed by atoms with Crippen molar-refractivity contribution in [3.63, 3.8) is 0 Å². The predicted octanol–water partition coefficient (Wildman–Crippen LogP) is 3.55. The molecule has 1 aromatic heterocycles. The molecule has 1 unspecified atom stereocenters. The van der Waals surface area contributed by atoms with E-state index in [-0.39, 0.29) is 10.7 Å². The number of nitrogens with one attached hydrogen (secondary N) is 1. The third-order valence-electron chi connectivity index (χ3n) is 4.19. The molecule has 0 spiro atoms. The predicted molar refractivity (Wildman–Crippen MR) is 108 cm³/mol. The smallest absolute Gasteiger partial charge is 0.405 e. The summed E-state index contributed by atoms with van der Waals surface area (Å²) in [6, 6.07) is 13.5. The number of carbonyl (C=O) groups is 1. The summed E-state index contributed by atoms with van der Waals surface area (Å²) in [6.45, 7) is 0.0193. The van der Waals surface area contributed by atoms with Crippen molar-refractivity contribution >= 4 is 28.6 Å². The minimum atomic E-state index is -4.51. The summed E-state index contributed by atoms with van der Waals surface area (Å²) in [7, 11) is 1.46. The highest BCUT2D eigenvalue weighted by Crippen LogP contribution is 2.29. The Morgan fingerprint density at radius 3 is 2.57 bits per heavy atom. The Bertz CT molecular complexity index is 1130. The first-order valence-electron chi connectivity index (χ1n) is 8.87. The number of halogens is 3. The Morgan fingerprint density at radius 1 is 1.20 bits per heavy atom. The summed E-state index contributed by atoms with van der Waals surface area (Å²) in [6.07, 6.45) is -4.51. The summed E-state index contributed by atoms with van der Waals surface area (Å²) in [4.78, 5) is 29.9. The number of rotatable bonds is 6. The highest BCUT2D eigenvalue weighted by atomic mass is 32.2. The van der Waals surface area contributed by atoms with E-state index in [1.54, 1.807) is 48.5 Å². The second-order valence-corrected chi connectivity index (χ2v) is 7.62. The Hall–Kier alpha value is -3.01. The molecule has 1 heterocycles. The number of para-hydroxylation sites is 3. The van der Waals surface area contributed by atoms with Gasteiger partial charge in [-0.05, 0) is 31.2 Å². The summed E-state index contributed by atoms with van der Waals surface area (Å²) in [5, 5.41) is 1.45. The molecule has 1 amide bonds. The van der Waals surface area contributed by atoms with Crippen molar-refractivity contribution in [3.05, 3.63) is 58.9 Å². The van der Waals surface area contributed by atoms with E-state index < -0.39 is 23.9 Å². The molecule has 0 aliphatic heterocycles. The van der Waals surface area contributed by atoms with Crippen LogP contribution in [0.1, 0.15) is 6.92 Å². The topological polar surface area (TPSA) is 73.2 Å². The van der Waals surface area contributed by atoms with Crippen LogP contribution in [0.2, 0.25) is 0 Å². The van der Waals surface area contributed by atoms with E-state index in [1.807, 2.05) is 5.32 Å². The van der Waals surface area contributed by atoms with Crippen LogP contribution in [0.5, 0.6) is 5.75 Å². The molecular formula is C20H18F3N3O3S. The van der Waals surface area contributed by atoms with E-state index in [1.165, 1.54) is 18.6 Å². The quantitative estimate of drug-likeness (QED) is 0.472. The molecule has 0 aliphatic rings. The number of hydrogen-bond donors (Lipinski definition) is 1. The maximum absolute atomic E-state index is 13.2. The average molecular weight is 437 g/mol. The van der Waals surface area contributed by atoms with E-state index in [0.29, 0.717) is 22.3 Å². The summed E-state index contributed by atoms with van der Waals surface area (Å²) in [5.41, 5.74) is 0.447. The van der Waals surface area contributed by atoms with Crippen molar-refractivity contribution in [1.29, 1.82) is 0 Å². The molecule has 3 aromatic rings. The van der Waals surface area contributed by atoms with Gasteiger partial charge in [-0.25, -0.2) is 4.98 Å². The average Bonchev–Trinajstić information content (AvgIpc) is 2.71. The van der Waals surface area contributed by atoms with Gasteiger partial charge in [0.1, 0.15) is 12.3 Å². The number of carbonyl (C=O) groups excluding carboxylic acids is 1. The number of benzene rings is 2. The van der Waals surface area contributed by atoms with Crippen molar-refractivity contribution in [2.24, 2.45) is 0 Å². The first kappa shape index (κ1) is 21.7. The lowest BCUT2D eigenvalue weighted by Gasteiger charge is -2.18. The van der Waals surface area contributed by atoms with Crippen molar-refractivity contribution < 1.29 is 22.7 Å². The molecule has 158 valence electrons. The largest absolute Gasteiger partial charge is 0.495 e. The second kappa shape index (κ2) is 8.78. The van der Waals surface area contributed by atoms with Gasteiger partial charge in [0.05, 0.1) is 29.0 Å². The lowest BCUT2D eigenvalue weighted by atomic mass is 10.2. The number of aromatic nitrogens is 2. The number of fused-ring (bicyclic) bond motifs is 1. The van der Waals surface area contributed by atoms with Crippen molar-refractivity contribution in [1.82, 2.24) is 14.9 Å². The fourth-order valence-corrected chi connectivity index (χ4v) is 3.71. The van der Waals surface area contributed by atoms with Crippen LogP contribution in [0, 0.1) is 0 Å². The van der Waals surface area contributed by atoms with Crippen LogP contribution in [0.25, 0.3) is 16.6 Å². The highest BCUT2D eigenvalue weighted by molar-refractivity contribution is 8.00. The normalized spacial score (nSPS) is 12.6. The monoisotopic (exact) mass is 437 g/mol. The fraction of sp³-hybridized carbons (Fsp3) is 0.250. The molecule has 2 aromatic carbocycles. The van der Waals surface area contributed by atoms with Gasteiger partial charge in [-0.3, -0.25) is 14.2 Å². The molecule has 0 bridgehead atoms. The Labute approximate surface area is 174 Å². The van der Waals surface area contributed by atoms with Crippen LogP contribution in [0.15, 0.2) is 58.5 Å². The molecule has 0 radical (unpaired) electrons. The molecule has 30 heavy (non-hydrogen) atoms. The zero-order valence-electron chi connectivity index (χ0n) is 16.1. The van der Waals surface area contributed by atoms with Gasteiger partial charge in [0.25, 0.3) is 5.56 Å². The first-order chi connectivity index (χ1) is 14.2. The van der Waals surface area contributed by atoms with Crippen molar-refractivity contribution in [3.8, 4) is 11.4 Å². The zero-order chi connectivity index (χ0) is 21.9. The van der Waals surface area contributed by atoms with Crippen LogP contribution in [-0.2, 0) is 4.79 Å². The second-order valence-electron chi connectivity index (χ2n) is 6.32. The van der Waals surface area contributed by atoms with Gasteiger partial charge in [0.2, 0.25) is 5.91 Å². The molecule has 10 heteroatoms. The van der Waals surface area contributed by atoms with Crippen LogP contribution >= 0.6 is 11.8 Å². The molecule has 1 atom stereocenters. The Balaban J connectivity index is 2.07. The van der Waals surface area contributed by atoms with Gasteiger partial charge >= 0.3 is 6.18 Å². The molecule has 0 saturated heterocycles. The standard InChI is InChI=1S/C20H18F3N3O3S/c1-12(17(27)24-11-20(21,22)23)30-19-25-14-8-4-3-7-13(14)18(28)26(19)15-9-5-6-10-16(15)29-2/h3-10,12H,11H2,1-2H3,(H,24,27). The van der Waals surface area contributed by atoms with Crippen LogP contribution < -0.4 is 15.6 Å². The van der Waals surface area contributed by atoms with Crippen LogP contribution in [-0.4, -0.2) is 40.5 Å². The highest BCUT2D eigenvalue weighted by Gasteiger charge is 2.29. The summed E-state index contributed by atoms with van der Waals surface area (Å²) >= 11 is 0.889. The number of amides is 1. The van der Waals surface area contributed by atoms with Gasteiger partial charge in [-0.1, -0.05) is 36.0 Å². The fourth-order valence-electron chi connectivity index (χ4n) is 2.76. The first-order valence-corrected chi connectivity index (χ1v) is 9.75. The molecular weight excluding hydrogens is 419 g/mol.